The van der Waals surface area contributed by atoms with Crippen LogP contribution in [0.25, 0.3) is 10.9 Å². The third-order valence-corrected chi connectivity index (χ3v) is 3.51. The number of pyridine rings is 1. The van der Waals surface area contributed by atoms with Gasteiger partial charge in [0.2, 0.25) is 0 Å². The van der Waals surface area contributed by atoms with E-state index >= 15 is 0 Å². The largest absolute Gasteiger partial charge is 0.481 e. The van der Waals surface area contributed by atoms with E-state index in [1.165, 1.54) is 12.1 Å². The monoisotopic (exact) mass is 326 g/mol. The van der Waals surface area contributed by atoms with Crippen molar-refractivity contribution < 1.29 is 13.9 Å². The Bertz CT molecular complexity index is 966. The first kappa shape index (κ1) is 15.7. The lowest BCUT2D eigenvalue weighted by molar-refractivity contribution is -0.118. The Morgan fingerprint density at radius 1 is 1.21 bits per heavy atom. The van der Waals surface area contributed by atoms with Crippen molar-refractivity contribution in [2.75, 3.05) is 11.9 Å². The van der Waals surface area contributed by atoms with Gasteiger partial charge >= 0.3 is 0 Å². The van der Waals surface area contributed by atoms with Crippen LogP contribution in [0.1, 0.15) is 5.56 Å². The minimum absolute atomic E-state index is 0.0194. The molecule has 0 saturated heterocycles. The van der Waals surface area contributed by atoms with Crippen LogP contribution in [0.3, 0.4) is 0 Å². The van der Waals surface area contributed by atoms with Crippen molar-refractivity contribution >= 4 is 22.5 Å². The number of hydrogen-bond acceptors (Lipinski definition) is 3. The molecule has 122 valence electrons. The molecule has 0 bridgehead atoms. The summed E-state index contributed by atoms with van der Waals surface area (Å²) in [5.41, 5.74) is 1.59. The number of para-hydroxylation sites is 1. The molecule has 2 aromatic carbocycles. The SMILES string of the molecule is Cc1cc2ccc(NC(=O)COc3ccccc3F)cc2[nH]c1=O. The van der Waals surface area contributed by atoms with E-state index in [0.29, 0.717) is 16.8 Å². The Balaban J connectivity index is 1.70. The number of ether oxygens (including phenoxy) is 1. The van der Waals surface area contributed by atoms with E-state index < -0.39 is 11.7 Å². The topological polar surface area (TPSA) is 71.2 Å². The second-order valence-corrected chi connectivity index (χ2v) is 5.35. The number of halogens is 1. The van der Waals surface area contributed by atoms with Crippen molar-refractivity contribution in [2.45, 2.75) is 6.92 Å². The molecule has 24 heavy (non-hydrogen) atoms. The molecule has 0 unspecified atom stereocenters. The lowest BCUT2D eigenvalue weighted by Gasteiger charge is -2.09. The molecule has 0 aliphatic rings. The lowest BCUT2D eigenvalue weighted by atomic mass is 10.1. The van der Waals surface area contributed by atoms with E-state index in [9.17, 15) is 14.0 Å². The van der Waals surface area contributed by atoms with E-state index in [0.717, 1.165) is 5.39 Å². The summed E-state index contributed by atoms with van der Waals surface area (Å²) in [6.07, 6.45) is 0. The highest BCUT2D eigenvalue weighted by Crippen LogP contribution is 2.18. The Morgan fingerprint density at radius 2 is 2.00 bits per heavy atom. The molecule has 2 N–H and O–H groups in total. The number of rotatable bonds is 4. The minimum Gasteiger partial charge on any atom is -0.481 e. The number of hydrogen-bond donors (Lipinski definition) is 2. The van der Waals surface area contributed by atoms with Crippen LogP contribution in [0.15, 0.2) is 53.3 Å². The molecule has 3 aromatic rings. The van der Waals surface area contributed by atoms with Gasteiger partial charge in [-0.1, -0.05) is 18.2 Å². The van der Waals surface area contributed by atoms with Crippen LogP contribution >= 0.6 is 0 Å². The fraction of sp³-hybridized carbons (Fsp3) is 0.111. The third kappa shape index (κ3) is 3.43. The molecule has 0 aliphatic carbocycles. The predicted molar refractivity (Wildman–Crippen MR) is 89.8 cm³/mol. The molecule has 0 aliphatic heterocycles. The summed E-state index contributed by atoms with van der Waals surface area (Å²) in [6, 6.07) is 12.8. The van der Waals surface area contributed by atoms with Crippen molar-refractivity contribution in [1.29, 1.82) is 0 Å². The second kappa shape index (κ2) is 6.54. The van der Waals surface area contributed by atoms with Gasteiger partial charge in [0.05, 0.1) is 5.52 Å². The Labute approximate surface area is 137 Å². The maximum Gasteiger partial charge on any atom is 0.262 e. The number of anilines is 1. The number of amides is 1. The Kier molecular flexibility index (Phi) is 4.29. The smallest absolute Gasteiger partial charge is 0.262 e. The summed E-state index contributed by atoms with van der Waals surface area (Å²) in [4.78, 5) is 26.3. The first-order valence-corrected chi connectivity index (χ1v) is 7.34. The Hall–Kier alpha value is -3.15. The molecule has 0 radical (unpaired) electrons. The van der Waals surface area contributed by atoms with Crippen LogP contribution in [-0.2, 0) is 4.79 Å². The van der Waals surface area contributed by atoms with Crippen molar-refractivity contribution in [3.05, 3.63) is 70.3 Å². The zero-order chi connectivity index (χ0) is 17.1. The van der Waals surface area contributed by atoms with Crippen molar-refractivity contribution in [3.63, 3.8) is 0 Å². The highest BCUT2D eigenvalue weighted by molar-refractivity contribution is 5.94. The van der Waals surface area contributed by atoms with Crippen LogP contribution in [-0.4, -0.2) is 17.5 Å². The molecule has 3 rings (SSSR count). The highest BCUT2D eigenvalue weighted by atomic mass is 19.1. The zero-order valence-corrected chi connectivity index (χ0v) is 12.9. The van der Waals surface area contributed by atoms with Gasteiger partial charge in [-0.05, 0) is 42.6 Å². The van der Waals surface area contributed by atoms with E-state index in [2.05, 4.69) is 10.3 Å². The van der Waals surface area contributed by atoms with Crippen LogP contribution in [0.4, 0.5) is 10.1 Å². The average molecular weight is 326 g/mol. The molecule has 1 aromatic heterocycles. The molecule has 1 heterocycles. The summed E-state index contributed by atoms with van der Waals surface area (Å²) in [7, 11) is 0. The van der Waals surface area contributed by atoms with Gasteiger partial charge < -0.3 is 15.0 Å². The van der Waals surface area contributed by atoms with Gasteiger partial charge in [0.1, 0.15) is 0 Å². The van der Waals surface area contributed by atoms with Gasteiger partial charge in [-0.15, -0.1) is 0 Å². The summed E-state index contributed by atoms with van der Waals surface area (Å²) in [5, 5.41) is 3.52. The number of carbonyl (C=O) groups is 1. The van der Waals surface area contributed by atoms with Gasteiger partial charge in [-0.25, -0.2) is 4.39 Å². The number of carbonyl (C=O) groups excluding carboxylic acids is 1. The standard InChI is InChI=1S/C18H15FN2O3/c1-11-8-12-6-7-13(9-15(12)21-18(11)23)20-17(22)10-24-16-5-3-2-4-14(16)19/h2-9H,10H2,1H3,(H,20,22)(H,21,23). The molecule has 0 fully saturated rings. The van der Waals surface area contributed by atoms with Gasteiger partial charge in [0.25, 0.3) is 11.5 Å². The van der Waals surface area contributed by atoms with Gasteiger partial charge in [-0.2, -0.15) is 0 Å². The van der Waals surface area contributed by atoms with Gasteiger partial charge in [-0.3, -0.25) is 9.59 Å². The van der Waals surface area contributed by atoms with Crippen molar-refractivity contribution in [3.8, 4) is 5.75 Å². The maximum atomic E-state index is 13.4. The predicted octanol–water partition coefficient (Wildman–Crippen LogP) is 2.99. The molecular formula is C18H15FN2O3. The number of aryl methyl sites for hydroxylation is 1. The molecule has 0 spiro atoms. The Morgan fingerprint density at radius 3 is 2.79 bits per heavy atom. The first-order chi connectivity index (χ1) is 11.5. The fourth-order valence-electron chi connectivity index (χ4n) is 2.29. The fourth-order valence-corrected chi connectivity index (χ4v) is 2.29. The summed E-state index contributed by atoms with van der Waals surface area (Å²) >= 11 is 0. The first-order valence-electron chi connectivity index (χ1n) is 7.34. The van der Waals surface area contributed by atoms with Crippen LogP contribution in [0.5, 0.6) is 5.75 Å². The minimum atomic E-state index is -0.524. The molecule has 0 atom stereocenters. The van der Waals surface area contributed by atoms with Crippen LogP contribution in [0, 0.1) is 12.7 Å². The quantitative estimate of drug-likeness (QED) is 0.774. The molecule has 6 heteroatoms. The number of aromatic amines is 1. The van der Waals surface area contributed by atoms with E-state index in [1.54, 1.807) is 43.3 Å². The average Bonchev–Trinajstić information content (AvgIpc) is 2.55. The van der Waals surface area contributed by atoms with Crippen molar-refractivity contribution in [2.24, 2.45) is 0 Å². The lowest BCUT2D eigenvalue weighted by Crippen LogP contribution is -2.20. The van der Waals surface area contributed by atoms with Gasteiger partial charge in [0, 0.05) is 11.3 Å². The van der Waals surface area contributed by atoms with Crippen LogP contribution < -0.4 is 15.6 Å². The number of benzene rings is 2. The highest BCUT2D eigenvalue weighted by Gasteiger charge is 2.07. The zero-order valence-electron chi connectivity index (χ0n) is 12.9. The molecule has 1 amide bonds. The van der Waals surface area contributed by atoms with Crippen LogP contribution in [0.2, 0.25) is 0 Å². The molecular weight excluding hydrogens is 311 g/mol. The number of aromatic nitrogens is 1. The maximum absolute atomic E-state index is 13.4. The van der Waals surface area contributed by atoms with E-state index in [4.69, 9.17) is 4.74 Å². The second-order valence-electron chi connectivity index (χ2n) is 5.35. The summed E-state index contributed by atoms with van der Waals surface area (Å²) in [5.74, 6) is -0.929. The number of H-pyrrole nitrogens is 1. The van der Waals surface area contributed by atoms with E-state index in [1.807, 2.05) is 0 Å². The molecule has 5 nitrogen and oxygen atoms in total. The summed E-state index contributed by atoms with van der Waals surface area (Å²) < 4.78 is 18.6. The normalized spacial score (nSPS) is 10.6. The molecule has 0 saturated carbocycles. The summed E-state index contributed by atoms with van der Waals surface area (Å²) in [6.45, 7) is 1.41. The number of fused-ring (bicyclic) bond motifs is 1. The van der Waals surface area contributed by atoms with Crippen molar-refractivity contribution in [1.82, 2.24) is 4.98 Å². The number of nitrogens with one attached hydrogen (secondary N) is 2. The third-order valence-electron chi connectivity index (χ3n) is 3.51. The van der Waals surface area contributed by atoms with Gasteiger partial charge in [0.15, 0.2) is 18.2 Å². The van der Waals surface area contributed by atoms with E-state index in [-0.39, 0.29) is 17.9 Å².